The van der Waals surface area contributed by atoms with Gasteiger partial charge in [-0.2, -0.15) is 0 Å². The molecule has 0 amide bonds. The average Bonchev–Trinajstić information content (AvgIpc) is 3.15. The van der Waals surface area contributed by atoms with Gasteiger partial charge in [-0.15, -0.1) is 24.0 Å². The number of aliphatic imine (C=N–C) groups is 1. The Morgan fingerprint density at radius 2 is 1.92 bits per heavy atom. The third kappa shape index (κ3) is 5.98. The molecule has 0 radical (unpaired) electrons. The van der Waals surface area contributed by atoms with Gasteiger partial charge in [0.1, 0.15) is 11.6 Å². The van der Waals surface area contributed by atoms with Crippen molar-refractivity contribution >= 4 is 29.9 Å². The largest absolute Gasteiger partial charge is 0.439 e. The second-order valence-corrected chi connectivity index (χ2v) is 5.77. The van der Waals surface area contributed by atoms with Crippen LogP contribution < -0.4 is 15.4 Å². The summed E-state index contributed by atoms with van der Waals surface area (Å²) in [7, 11) is 1.76. The molecule has 0 fully saturated rings. The van der Waals surface area contributed by atoms with Gasteiger partial charge >= 0.3 is 0 Å². The van der Waals surface area contributed by atoms with E-state index in [1.807, 2.05) is 6.07 Å². The molecule has 2 aromatic rings. The van der Waals surface area contributed by atoms with Crippen molar-refractivity contribution in [2.75, 3.05) is 7.05 Å². The van der Waals surface area contributed by atoms with Crippen LogP contribution in [0.5, 0.6) is 11.6 Å². The molecule has 0 saturated heterocycles. The van der Waals surface area contributed by atoms with Crippen LogP contribution in [0.15, 0.2) is 59.7 Å². The first-order chi connectivity index (χ1) is 12.2. The first-order valence-corrected chi connectivity index (χ1v) is 8.23. The number of nitrogens with one attached hydrogen (secondary N) is 2. The van der Waals surface area contributed by atoms with Crippen molar-refractivity contribution in [1.29, 1.82) is 0 Å². The zero-order valence-electron chi connectivity index (χ0n) is 14.5. The zero-order valence-corrected chi connectivity index (χ0v) is 16.8. The normalized spacial score (nSPS) is 14.0. The fourth-order valence-electron chi connectivity index (χ4n) is 2.51. The maximum Gasteiger partial charge on any atom is 0.219 e. The van der Waals surface area contributed by atoms with Crippen molar-refractivity contribution < 1.29 is 9.13 Å². The highest BCUT2D eigenvalue weighted by molar-refractivity contribution is 14.0. The Labute approximate surface area is 169 Å². The highest BCUT2D eigenvalue weighted by Crippen LogP contribution is 2.19. The van der Waals surface area contributed by atoms with Crippen molar-refractivity contribution in [3.63, 3.8) is 0 Å². The lowest BCUT2D eigenvalue weighted by Crippen LogP contribution is -2.42. The molecule has 0 atom stereocenters. The van der Waals surface area contributed by atoms with E-state index in [2.05, 4.69) is 32.8 Å². The lowest BCUT2D eigenvalue weighted by atomic mass is 10.2. The summed E-state index contributed by atoms with van der Waals surface area (Å²) >= 11 is 0. The Morgan fingerprint density at radius 3 is 2.54 bits per heavy atom. The topological polar surface area (TPSA) is 58.5 Å². The van der Waals surface area contributed by atoms with Gasteiger partial charge in [0.25, 0.3) is 0 Å². The molecule has 5 nitrogen and oxygen atoms in total. The molecule has 2 N–H and O–H groups in total. The van der Waals surface area contributed by atoms with Crippen LogP contribution in [0, 0.1) is 5.82 Å². The van der Waals surface area contributed by atoms with E-state index < -0.39 is 0 Å². The van der Waals surface area contributed by atoms with Crippen LogP contribution in [0.4, 0.5) is 4.39 Å². The smallest absolute Gasteiger partial charge is 0.219 e. The average molecular weight is 468 g/mol. The first-order valence-electron chi connectivity index (χ1n) is 8.23. The molecule has 26 heavy (non-hydrogen) atoms. The molecule has 1 aromatic carbocycles. The van der Waals surface area contributed by atoms with Gasteiger partial charge in [0.2, 0.25) is 5.88 Å². The minimum absolute atomic E-state index is 0. The van der Waals surface area contributed by atoms with Gasteiger partial charge in [-0.25, -0.2) is 9.37 Å². The van der Waals surface area contributed by atoms with Crippen molar-refractivity contribution in [3.05, 3.63) is 66.1 Å². The second-order valence-electron chi connectivity index (χ2n) is 5.77. The van der Waals surface area contributed by atoms with Crippen molar-refractivity contribution in [3.8, 4) is 11.6 Å². The third-order valence-corrected chi connectivity index (χ3v) is 3.87. The molecule has 1 aliphatic rings. The lowest BCUT2D eigenvalue weighted by molar-refractivity contribution is 0.461. The van der Waals surface area contributed by atoms with Crippen LogP contribution in [0.1, 0.15) is 18.4 Å². The van der Waals surface area contributed by atoms with E-state index >= 15 is 0 Å². The molecule has 7 heteroatoms. The second kappa shape index (κ2) is 10.1. The highest BCUT2D eigenvalue weighted by Gasteiger charge is 2.11. The Kier molecular flexibility index (Phi) is 7.83. The molecule has 0 saturated carbocycles. The number of pyridine rings is 1. The summed E-state index contributed by atoms with van der Waals surface area (Å²) in [6, 6.07) is 9.98. The standard InChI is InChI=1S/C19H21FN4O.HI/c1-21-19(24-16-4-2-3-5-16)23-13-14-6-11-18(22-12-14)25-17-9-7-15(20)8-10-17;/h2-3,6-12,16H,4-5,13H2,1H3,(H2,21,23,24);1H. The third-order valence-electron chi connectivity index (χ3n) is 3.87. The number of aromatic nitrogens is 1. The number of ether oxygens (including phenoxy) is 1. The number of hydrogen-bond acceptors (Lipinski definition) is 3. The maximum absolute atomic E-state index is 12.9. The van der Waals surface area contributed by atoms with Gasteiger partial charge in [-0.1, -0.05) is 18.2 Å². The fourth-order valence-corrected chi connectivity index (χ4v) is 2.51. The number of hydrogen-bond donors (Lipinski definition) is 2. The Bertz CT molecular complexity index is 739. The maximum atomic E-state index is 12.9. The number of halogens is 2. The number of rotatable bonds is 5. The molecule has 0 bridgehead atoms. The van der Waals surface area contributed by atoms with E-state index in [0.717, 1.165) is 24.4 Å². The van der Waals surface area contributed by atoms with Crippen LogP contribution in [0.25, 0.3) is 0 Å². The van der Waals surface area contributed by atoms with Crippen molar-refractivity contribution in [2.45, 2.75) is 25.4 Å². The number of nitrogens with zero attached hydrogens (tertiary/aromatic N) is 2. The lowest BCUT2D eigenvalue weighted by Gasteiger charge is -2.16. The summed E-state index contributed by atoms with van der Waals surface area (Å²) < 4.78 is 18.5. The monoisotopic (exact) mass is 468 g/mol. The number of benzene rings is 1. The molecule has 0 aliphatic heterocycles. The van der Waals surface area contributed by atoms with Crippen LogP contribution in [0.2, 0.25) is 0 Å². The summed E-state index contributed by atoms with van der Waals surface area (Å²) in [6.45, 7) is 0.615. The fraction of sp³-hybridized carbons (Fsp3) is 0.263. The quantitative estimate of drug-likeness (QED) is 0.302. The van der Waals surface area contributed by atoms with Gasteiger partial charge < -0.3 is 15.4 Å². The van der Waals surface area contributed by atoms with Gasteiger partial charge in [0, 0.05) is 31.9 Å². The molecular formula is C19H22FIN4O. The van der Waals surface area contributed by atoms with E-state index in [1.165, 1.54) is 12.1 Å². The molecule has 0 spiro atoms. The van der Waals surface area contributed by atoms with Gasteiger partial charge in [-0.3, -0.25) is 4.99 Å². The Balaban J connectivity index is 0.00000243. The summed E-state index contributed by atoms with van der Waals surface area (Å²) in [5.41, 5.74) is 1.01. The van der Waals surface area contributed by atoms with E-state index in [1.54, 1.807) is 31.4 Å². The molecule has 138 valence electrons. The molecular weight excluding hydrogens is 446 g/mol. The molecule has 1 aromatic heterocycles. The predicted molar refractivity (Wildman–Crippen MR) is 112 cm³/mol. The summed E-state index contributed by atoms with van der Waals surface area (Å²) in [5.74, 6) is 1.50. The number of guanidine groups is 1. The van der Waals surface area contributed by atoms with Gasteiger partial charge in [-0.05, 0) is 42.7 Å². The molecule has 0 unspecified atom stereocenters. The predicted octanol–water partition coefficient (Wildman–Crippen LogP) is 4.01. The van der Waals surface area contributed by atoms with E-state index in [4.69, 9.17) is 4.74 Å². The van der Waals surface area contributed by atoms with Crippen LogP contribution in [-0.2, 0) is 6.54 Å². The van der Waals surface area contributed by atoms with Gasteiger partial charge in [0.05, 0.1) is 0 Å². The summed E-state index contributed by atoms with van der Waals surface area (Å²) in [6.07, 6.45) is 8.15. The van der Waals surface area contributed by atoms with Crippen molar-refractivity contribution in [2.24, 2.45) is 4.99 Å². The van der Waals surface area contributed by atoms with E-state index in [0.29, 0.717) is 24.2 Å². The highest BCUT2D eigenvalue weighted by atomic mass is 127. The summed E-state index contributed by atoms with van der Waals surface area (Å²) in [5, 5.41) is 6.66. The first kappa shape index (κ1) is 20.2. The SMILES string of the molecule is CN=C(NCc1ccc(Oc2ccc(F)cc2)nc1)NC1CC=CC1.I. The molecule has 1 aliphatic carbocycles. The Hall–Kier alpha value is -2.16. The van der Waals surface area contributed by atoms with Crippen LogP contribution in [0.3, 0.4) is 0 Å². The minimum atomic E-state index is -0.294. The molecule has 1 heterocycles. The van der Waals surface area contributed by atoms with Crippen molar-refractivity contribution in [1.82, 2.24) is 15.6 Å². The van der Waals surface area contributed by atoms with Gasteiger partial charge in [0.15, 0.2) is 5.96 Å². The van der Waals surface area contributed by atoms with E-state index in [-0.39, 0.29) is 29.8 Å². The Morgan fingerprint density at radius 1 is 1.19 bits per heavy atom. The zero-order chi connectivity index (χ0) is 17.5. The molecule has 3 rings (SSSR count). The summed E-state index contributed by atoms with van der Waals surface area (Å²) in [4.78, 5) is 8.52. The minimum Gasteiger partial charge on any atom is -0.439 e. The van der Waals surface area contributed by atoms with Crippen LogP contribution in [-0.4, -0.2) is 24.0 Å². The van der Waals surface area contributed by atoms with E-state index in [9.17, 15) is 4.39 Å². The van der Waals surface area contributed by atoms with Crippen LogP contribution >= 0.6 is 24.0 Å².